The van der Waals surface area contributed by atoms with E-state index in [0.29, 0.717) is 6.61 Å². The summed E-state index contributed by atoms with van der Waals surface area (Å²) >= 11 is 5.14. The van der Waals surface area contributed by atoms with Crippen LogP contribution in [0.4, 0.5) is 0 Å². The molecule has 0 fully saturated rings. The summed E-state index contributed by atoms with van der Waals surface area (Å²) in [7, 11) is 0. The largest absolute Gasteiger partial charge is 0.492 e. The van der Waals surface area contributed by atoms with E-state index in [-0.39, 0.29) is 6.04 Å². The Morgan fingerprint density at radius 3 is 3.00 bits per heavy atom. The summed E-state index contributed by atoms with van der Waals surface area (Å²) in [6, 6.07) is 3.79. The van der Waals surface area contributed by atoms with Crippen molar-refractivity contribution in [1.82, 2.24) is 4.98 Å². The maximum atomic E-state index is 6.24. The smallest absolute Gasteiger partial charge is 0.137 e. The fourth-order valence-electron chi connectivity index (χ4n) is 1.58. The van der Waals surface area contributed by atoms with Crippen LogP contribution in [-0.4, -0.2) is 11.6 Å². The molecule has 0 radical (unpaired) electrons. The van der Waals surface area contributed by atoms with Crippen molar-refractivity contribution in [2.75, 3.05) is 6.61 Å². The molecule has 5 heteroatoms. The lowest BCUT2D eigenvalue weighted by molar-refractivity contribution is 0.315. The van der Waals surface area contributed by atoms with Crippen molar-refractivity contribution in [2.45, 2.75) is 19.4 Å². The van der Waals surface area contributed by atoms with Gasteiger partial charge in [-0.2, -0.15) is 0 Å². The second-order valence-electron chi connectivity index (χ2n) is 3.91. The number of ether oxygens (including phenoxy) is 1. The Morgan fingerprint density at radius 2 is 2.33 bits per heavy atom. The van der Waals surface area contributed by atoms with Crippen LogP contribution in [0.3, 0.4) is 0 Å². The van der Waals surface area contributed by atoms with E-state index in [4.69, 9.17) is 10.5 Å². The van der Waals surface area contributed by atoms with E-state index in [1.54, 1.807) is 23.7 Å². The van der Waals surface area contributed by atoms with Crippen LogP contribution in [0.2, 0.25) is 0 Å². The van der Waals surface area contributed by atoms with Crippen molar-refractivity contribution < 1.29 is 4.74 Å². The molecule has 2 aromatic rings. The van der Waals surface area contributed by atoms with Crippen molar-refractivity contribution in [1.29, 1.82) is 0 Å². The summed E-state index contributed by atoms with van der Waals surface area (Å²) < 4.78 is 6.61. The van der Waals surface area contributed by atoms with Gasteiger partial charge in [-0.3, -0.25) is 4.98 Å². The van der Waals surface area contributed by atoms with E-state index in [9.17, 15) is 0 Å². The van der Waals surface area contributed by atoms with Crippen LogP contribution in [0.15, 0.2) is 34.4 Å². The van der Waals surface area contributed by atoms with Gasteiger partial charge >= 0.3 is 0 Å². The highest BCUT2D eigenvalue weighted by atomic mass is 79.9. The molecule has 1 unspecified atom stereocenters. The van der Waals surface area contributed by atoms with Gasteiger partial charge in [-0.1, -0.05) is 6.92 Å². The molecule has 96 valence electrons. The number of pyridine rings is 1. The van der Waals surface area contributed by atoms with E-state index >= 15 is 0 Å². The summed E-state index contributed by atoms with van der Waals surface area (Å²) in [5, 5.41) is 2.02. The van der Waals surface area contributed by atoms with E-state index in [1.807, 2.05) is 17.5 Å². The highest BCUT2D eigenvalue weighted by Crippen LogP contribution is 2.32. The molecule has 2 heterocycles. The van der Waals surface area contributed by atoms with Crippen molar-refractivity contribution in [2.24, 2.45) is 5.73 Å². The molecule has 3 nitrogen and oxygen atoms in total. The van der Waals surface area contributed by atoms with Gasteiger partial charge in [0.25, 0.3) is 0 Å². The Kier molecular flexibility index (Phi) is 4.74. The standard InChI is InChI=1S/C13H15BrN2OS/c1-2-4-17-10-6-9(7-16-8-10)12(15)13-11(14)3-5-18-13/h3,5-8,12H,2,4,15H2,1H3. The SMILES string of the molecule is CCCOc1cncc(C(N)c2sccc2Br)c1. The highest BCUT2D eigenvalue weighted by molar-refractivity contribution is 9.10. The molecule has 18 heavy (non-hydrogen) atoms. The first-order valence-electron chi connectivity index (χ1n) is 5.78. The van der Waals surface area contributed by atoms with Gasteiger partial charge in [0, 0.05) is 15.5 Å². The summed E-state index contributed by atoms with van der Waals surface area (Å²) in [4.78, 5) is 5.28. The molecular weight excluding hydrogens is 312 g/mol. The molecule has 1 atom stereocenters. The van der Waals surface area contributed by atoms with Crippen molar-refractivity contribution in [3.05, 3.63) is 44.8 Å². The van der Waals surface area contributed by atoms with E-state index in [0.717, 1.165) is 27.1 Å². The lowest BCUT2D eigenvalue weighted by Crippen LogP contribution is -2.11. The predicted molar refractivity (Wildman–Crippen MR) is 78.1 cm³/mol. The fraction of sp³-hybridized carbons (Fsp3) is 0.308. The van der Waals surface area contributed by atoms with Gasteiger partial charge in [0.1, 0.15) is 5.75 Å². The zero-order chi connectivity index (χ0) is 13.0. The van der Waals surface area contributed by atoms with Gasteiger partial charge < -0.3 is 10.5 Å². The van der Waals surface area contributed by atoms with Crippen molar-refractivity contribution in [3.63, 3.8) is 0 Å². The third-order valence-corrected chi connectivity index (χ3v) is 4.45. The molecule has 0 spiro atoms. The molecule has 2 N–H and O–H groups in total. The minimum atomic E-state index is -0.169. The second kappa shape index (κ2) is 6.31. The molecule has 0 amide bonds. The van der Waals surface area contributed by atoms with Gasteiger partial charge in [0.2, 0.25) is 0 Å². The number of halogens is 1. The molecule has 0 bridgehead atoms. The third-order valence-electron chi connectivity index (χ3n) is 2.49. The number of hydrogen-bond donors (Lipinski definition) is 1. The van der Waals surface area contributed by atoms with Crippen molar-refractivity contribution in [3.8, 4) is 5.75 Å². The van der Waals surface area contributed by atoms with E-state index in [1.165, 1.54) is 0 Å². The van der Waals surface area contributed by atoms with Crippen molar-refractivity contribution >= 4 is 27.3 Å². The number of thiophene rings is 1. The Hall–Kier alpha value is -0.910. The van der Waals surface area contributed by atoms with Crippen LogP contribution >= 0.6 is 27.3 Å². The van der Waals surface area contributed by atoms with Gasteiger partial charge in [-0.25, -0.2) is 0 Å². The van der Waals surface area contributed by atoms with Crippen LogP contribution in [0.1, 0.15) is 29.8 Å². The topological polar surface area (TPSA) is 48.1 Å². The zero-order valence-electron chi connectivity index (χ0n) is 10.1. The molecule has 0 aliphatic rings. The van der Waals surface area contributed by atoms with Gasteiger partial charge in [0.05, 0.1) is 18.8 Å². The molecular formula is C13H15BrN2OS. The number of nitrogens with two attached hydrogens (primary N) is 1. The minimum absolute atomic E-state index is 0.169. The lowest BCUT2D eigenvalue weighted by atomic mass is 10.1. The summed E-state index contributed by atoms with van der Waals surface area (Å²) in [6.07, 6.45) is 4.48. The molecule has 2 rings (SSSR count). The first kappa shape index (κ1) is 13.5. The minimum Gasteiger partial charge on any atom is -0.492 e. The second-order valence-corrected chi connectivity index (χ2v) is 5.71. The first-order chi connectivity index (χ1) is 8.72. The fourth-order valence-corrected chi connectivity index (χ4v) is 3.23. The summed E-state index contributed by atoms with van der Waals surface area (Å²) in [6.45, 7) is 2.77. The number of aromatic nitrogens is 1. The Balaban J connectivity index is 2.20. The summed E-state index contributed by atoms with van der Waals surface area (Å²) in [5.41, 5.74) is 7.21. The average Bonchev–Trinajstić information content (AvgIpc) is 2.82. The van der Waals surface area contributed by atoms with Crippen LogP contribution in [-0.2, 0) is 0 Å². The molecule has 0 aliphatic carbocycles. The van der Waals surface area contributed by atoms with Crippen LogP contribution in [0, 0.1) is 0 Å². The normalized spacial score (nSPS) is 12.4. The highest BCUT2D eigenvalue weighted by Gasteiger charge is 2.14. The predicted octanol–water partition coefficient (Wildman–Crippen LogP) is 3.74. The molecule has 0 saturated carbocycles. The maximum Gasteiger partial charge on any atom is 0.137 e. The maximum absolute atomic E-state index is 6.24. The first-order valence-corrected chi connectivity index (χ1v) is 7.46. The Labute approximate surface area is 119 Å². The molecule has 0 saturated heterocycles. The molecule has 0 aliphatic heterocycles. The van der Waals surface area contributed by atoms with Gasteiger partial charge in [0.15, 0.2) is 0 Å². The average molecular weight is 327 g/mol. The monoisotopic (exact) mass is 326 g/mol. The van der Waals surface area contributed by atoms with Crippen LogP contribution < -0.4 is 10.5 Å². The zero-order valence-corrected chi connectivity index (χ0v) is 12.5. The number of hydrogen-bond acceptors (Lipinski definition) is 4. The third kappa shape index (κ3) is 3.10. The number of nitrogens with zero attached hydrogens (tertiary/aromatic N) is 1. The lowest BCUT2D eigenvalue weighted by Gasteiger charge is -2.12. The molecule has 0 aromatic carbocycles. The summed E-state index contributed by atoms with van der Waals surface area (Å²) in [5.74, 6) is 0.775. The van der Waals surface area contributed by atoms with Crippen LogP contribution in [0.5, 0.6) is 5.75 Å². The Bertz CT molecular complexity index is 515. The quantitative estimate of drug-likeness (QED) is 0.910. The van der Waals surface area contributed by atoms with E-state index < -0.39 is 0 Å². The van der Waals surface area contributed by atoms with Crippen LogP contribution in [0.25, 0.3) is 0 Å². The van der Waals surface area contributed by atoms with E-state index in [2.05, 4.69) is 27.8 Å². The Morgan fingerprint density at radius 1 is 1.50 bits per heavy atom. The van der Waals surface area contributed by atoms with Gasteiger partial charge in [-0.05, 0) is 45.4 Å². The van der Waals surface area contributed by atoms with Gasteiger partial charge in [-0.15, -0.1) is 11.3 Å². The molecule has 2 aromatic heterocycles. The number of rotatable bonds is 5.